The Labute approximate surface area is 420 Å². The van der Waals surface area contributed by atoms with Crippen molar-refractivity contribution in [2.24, 2.45) is 0 Å². The van der Waals surface area contributed by atoms with Crippen LogP contribution in [0.1, 0.15) is 33.4 Å². The van der Waals surface area contributed by atoms with Gasteiger partial charge in [-0.2, -0.15) is 31.6 Å². The van der Waals surface area contributed by atoms with Crippen LogP contribution in [-0.2, 0) is 0 Å². The summed E-state index contributed by atoms with van der Waals surface area (Å²) in [6.07, 6.45) is 0. The summed E-state index contributed by atoms with van der Waals surface area (Å²) in [5.74, 6) is 0.487. The molecule has 0 spiro atoms. The van der Waals surface area contributed by atoms with Crippen LogP contribution >= 0.6 is 0 Å². The average molecular weight is 928 g/mol. The quantitative estimate of drug-likeness (QED) is 0.145. The Morgan fingerprint density at radius 1 is 0.288 bits per heavy atom. The minimum Gasteiger partial charge on any atom is -0.308 e. The molecule has 0 amide bonds. The second-order valence-corrected chi connectivity index (χ2v) is 17.3. The minimum atomic E-state index is 0.359. The lowest BCUT2D eigenvalue weighted by Gasteiger charge is -2.21. The predicted octanol–water partition coefficient (Wildman–Crippen LogP) is 14.5. The van der Waals surface area contributed by atoms with E-state index >= 15 is 0 Å². The van der Waals surface area contributed by atoms with E-state index in [2.05, 4.69) is 65.2 Å². The van der Waals surface area contributed by atoms with Gasteiger partial charge in [-0.1, -0.05) is 97.1 Å². The van der Waals surface area contributed by atoms with E-state index in [0.717, 1.165) is 89.0 Å². The molecule has 2 heterocycles. The molecule has 0 bridgehead atoms. The molecule has 0 fully saturated rings. The first-order valence-electron chi connectivity index (χ1n) is 23.0. The van der Waals surface area contributed by atoms with Crippen LogP contribution in [0.15, 0.2) is 200 Å². The summed E-state index contributed by atoms with van der Waals surface area (Å²) in [6.45, 7) is 0. The van der Waals surface area contributed by atoms with Crippen LogP contribution in [0.25, 0.3) is 106 Å². The van der Waals surface area contributed by atoms with Gasteiger partial charge in [-0.15, -0.1) is 0 Å². The van der Waals surface area contributed by atoms with Crippen molar-refractivity contribution < 1.29 is 0 Å². The van der Waals surface area contributed by atoms with E-state index in [9.17, 15) is 31.6 Å². The second-order valence-electron chi connectivity index (χ2n) is 17.3. The molecule has 0 saturated carbocycles. The first-order chi connectivity index (χ1) is 35.8. The Morgan fingerprint density at radius 3 is 1.03 bits per heavy atom. The van der Waals surface area contributed by atoms with Gasteiger partial charge >= 0.3 is 0 Å². The standard InChI is InChI=1S/C64H33N9/c65-34-40-11-15-46(16-12-40)55-31-54(64-71-59(48-7-3-1-4-8-48)33-60(72-64)49-9-5-2-6-10-49)32-56(47-17-13-41(35-66)14-18-47)63(55)73-61-21-19-50(52-25-42(36-67)23-43(26-52)37-68)29-57(61)58-30-51(20-22-62(58)73)53-27-44(38-69)24-45(28-53)39-70/h1-33H. The van der Waals surface area contributed by atoms with Crippen LogP contribution in [0.2, 0.25) is 0 Å². The molecule has 334 valence electrons. The van der Waals surface area contributed by atoms with Gasteiger partial charge in [-0.3, -0.25) is 0 Å². The Morgan fingerprint density at radius 2 is 0.658 bits per heavy atom. The number of nitrogens with zero attached hydrogens (tertiary/aromatic N) is 9. The first kappa shape index (κ1) is 44.3. The van der Waals surface area contributed by atoms with E-state index in [-0.39, 0.29) is 0 Å². The normalized spacial score (nSPS) is 10.7. The molecule has 0 unspecified atom stereocenters. The van der Waals surface area contributed by atoms with Crippen molar-refractivity contribution in [2.75, 3.05) is 0 Å². The maximum absolute atomic E-state index is 9.98. The number of hydrogen-bond acceptors (Lipinski definition) is 8. The van der Waals surface area contributed by atoms with E-state index in [0.29, 0.717) is 50.3 Å². The lowest BCUT2D eigenvalue weighted by molar-refractivity contribution is 1.17. The van der Waals surface area contributed by atoms with Crippen molar-refractivity contribution in [3.8, 4) is 121 Å². The zero-order valence-electron chi connectivity index (χ0n) is 38.6. The Bertz CT molecular complexity index is 3970. The highest BCUT2D eigenvalue weighted by molar-refractivity contribution is 6.13. The molecule has 9 heteroatoms. The molecule has 9 nitrogen and oxygen atoms in total. The largest absolute Gasteiger partial charge is 0.308 e. The molecule has 73 heavy (non-hydrogen) atoms. The van der Waals surface area contributed by atoms with E-state index in [1.165, 1.54) is 0 Å². The van der Waals surface area contributed by atoms with E-state index in [1.54, 1.807) is 60.7 Å². The van der Waals surface area contributed by atoms with Gasteiger partial charge in [-0.05, 0) is 137 Å². The molecule has 0 aliphatic rings. The van der Waals surface area contributed by atoms with Crippen molar-refractivity contribution in [1.29, 1.82) is 31.6 Å². The molecule has 11 rings (SSSR count). The van der Waals surface area contributed by atoms with Gasteiger partial charge in [0, 0.05) is 38.6 Å². The van der Waals surface area contributed by atoms with Crippen LogP contribution in [0, 0.1) is 68.0 Å². The molecule has 2 aromatic heterocycles. The summed E-state index contributed by atoms with van der Waals surface area (Å²) in [5.41, 5.74) is 15.1. The smallest absolute Gasteiger partial charge is 0.160 e. The van der Waals surface area contributed by atoms with Gasteiger partial charge in [0.1, 0.15) is 0 Å². The molecule has 0 aliphatic heterocycles. The van der Waals surface area contributed by atoms with Gasteiger partial charge in [0.25, 0.3) is 0 Å². The summed E-state index contributed by atoms with van der Waals surface area (Å²) in [4.78, 5) is 10.5. The highest BCUT2D eigenvalue weighted by Crippen LogP contribution is 2.45. The molecule has 11 aromatic rings. The summed E-state index contributed by atoms with van der Waals surface area (Å²) in [7, 11) is 0. The summed E-state index contributed by atoms with van der Waals surface area (Å²) in [6, 6.07) is 76.8. The average Bonchev–Trinajstić information content (AvgIpc) is 3.79. The Balaban J connectivity index is 1.26. The molecule has 0 radical (unpaired) electrons. The molecule has 0 aliphatic carbocycles. The van der Waals surface area contributed by atoms with Crippen LogP contribution in [0.4, 0.5) is 0 Å². The summed E-state index contributed by atoms with van der Waals surface area (Å²) in [5, 5.41) is 61.5. The third kappa shape index (κ3) is 8.34. The van der Waals surface area contributed by atoms with Crippen LogP contribution in [-0.4, -0.2) is 14.5 Å². The van der Waals surface area contributed by atoms with Gasteiger partial charge in [0.15, 0.2) is 5.82 Å². The molecule has 0 saturated heterocycles. The van der Waals surface area contributed by atoms with E-state index < -0.39 is 0 Å². The van der Waals surface area contributed by atoms with Crippen LogP contribution in [0.5, 0.6) is 0 Å². The van der Waals surface area contributed by atoms with Crippen molar-refractivity contribution in [1.82, 2.24) is 14.5 Å². The topological polar surface area (TPSA) is 173 Å². The highest BCUT2D eigenvalue weighted by Gasteiger charge is 2.24. The van der Waals surface area contributed by atoms with Crippen molar-refractivity contribution in [3.63, 3.8) is 0 Å². The lowest BCUT2D eigenvalue weighted by atomic mass is 9.91. The highest BCUT2D eigenvalue weighted by atomic mass is 15.0. The fourth-order valence-corrected chi connectivity index (χ4v) is 9.45. The van der Waals surface area contributed by atoms with Gasteiger partial charge in [0.05, 0.1) is 97.9 Å². The van der Waals surface area contributed by atoms with Crippen molar-refractivity contribution in [3.05, 3.63) is 234 Å². The zero-order valence-corrected chi connectivity index (χ0v) is 38.6. The number of benzene rings is 9. The lowest BCUT2D eigenvalue weighted by Crippen LogP contribution is -2.03. The molecular formula is C64H33N9. The first-order valence-corrected chi connectivity index (χ1v) is 23.0. The Kier molecular flexibility index (Phi) is 11.4. The second kappa shape index (κ2) is 18.7. The summed E-state index contributed by atoms with van der Waals surface area (Å²) < 4.78 is 2.22. The number of fused-ring (bicyclic) bond motifs is 3. The molecule has 0 N–H and O–H groups in total. The predicted molar refractivity (Wildman–Crippen MR) is 283 cm³/mol. The molecule has 9 aromatic carbocycles. The van der Waals surface area contributed by atoms with Crippen LogP contribution < -0.4 is 0 Å². The van der Waals surface area contributed by atoms with E-state index in [4.69, 9.17) is 9.97 Å². The third-order valence-electron chi connectivity index (χ3n) is 12.9. The van der Waals surface area contributed by atoms with Gasteiger partial charge in [-0.25, -0.2) is 9.97 Å². The zero-order chi connectivity index (χ0) is 50.0. The monoisotopic (exact) mass is 927 g/mol. The Hall–Kier alpha value is -11.2. The van der Waals surface area contributed by atoms with Gasteiger partial charge < -0.3 is 4.57 Å². The minimum absolute atomic E-state index is 0.359. The number of nitriles is 6. The van der Waals surface area contributed by atoms with Crippen LogP contribution in [0.3, 0.4) is 0 Å². The van der Waals surface area contributed by atoms with Crippen molar-refractivity contribution >= 4 is 21.8 Å². The number of aromatic nitrogens is 3. The fraction of sp³-hybridized carbons (Fsp3) is 0. The van der Waals surface area contributed by atoms with Crippen molar-refractivity contribution in [2.45, 2.75) is 0 Å². The SMILES string of the molecule is N#Cc1ccc(-c2cc(-c3nc(-c4ccccc4)cc(-c4ccccc4)n3)cc(-c3ccc(C#N)cc3)c2-n2c3ccc(-c4cc(C#N)cc(C#N)c4)cc3c3cc(-c4cc(C#N)cc(C#N)c4)ccc32)cc1. The maximum Gasteiger partial charge on any atom is 0.160 e. The molecular weight excluding hydrogens is 895 g/mol. The molecule has 0 atom stereocenters. The fourth-order valence-electron chi connectivity index (χ4n) is 9.45. The van der Waals surface area contributed by atoms with E-state index in [1.807, 2.05) is 115 Å². The maximum atomic E-state index is 9.98. The number of hydrogen-bond donors (Lipinski definition) is 0. The number of rotatable bonds is 8. The van der Waals surface area contributed by atoms with Gasteiger partial charge in [0.2, 0.25) is 0 Å². The third-order valence-corrected chi connectivity index (χ3v) is 12.9. The summed E-state index contributed by atoms with van der Waals surface area (Å²) >= 11 is 0.